The molecule has 2 aliphatic rings. The second-order valence-corrected chi connectivity index (χ2v) is 5.81. The molecule has 0 bridgehead atoms. The van der Waals surface area contributed by atoms with Crippen LogP contribution in [0.3, 0.4) is 0 Å². The number of hydrogen-bond donors (Lipinski definition) is 1. The fraction of sp³-hybridized carbons (Fsp3) is 1.00. The largest absolute Gasteiger partial charge is 0.390 e. The molecule has 0 spiro atoms. The standard InChI is InChI=1S/C14H26O/c1-3-13(4-2)14(15)9-5-6-12(10-14)11-7-8-11/h11-13,15H,3-10H2,1-2H3. The lowest BCUT2D eigenvalue weighted by Gasteiger charge is -2.42. The molecule has 2 rings (SSSR count). The second-order valence-electron chi connectivity index (χ2n) is 5.81. The van der Waals surface area contributed by atoms with Crippen LogP contribution in [-0.2, 0) is 0 Å². The van der Waals surface area contributed by atoms with Crippen molar-refractivity contribution in [1.29, 1.82) is 0 Å². The molecule has 2 aliphatic carbocycles. The summed E-state index contributed by atoms with van der Waals surface area (Å²) in [4.78, 5) is 0. The summed E-state index contributed by atoms with van der Waals surface area (Å²) in [6, 6.07) is 0. The molecular formula is C14H26O. The summed E-state index contributed by atoms with van der Waals surface area (Å²) in [6.45, 7) is 4.46. The lowest BCUT2D eigenvalue weighted by Crippen LogP contribution is -2.42. The lowest BCUT2D eigenvalue weighted by molar-refractivity contribution is -0.0706. The molecule has 0 saturated heterocycles. The van der Waals surface area contributed by atoms with Gasteiger partial charge in [-0.1, -0.05) is 33.1 Å². The van der Waals surface area contributed by atoms with Crippen LogP contribution in [0, 0.1) is 17.8 Å². The maximum atomic E-state index is 10.8. The number of hydrogen-bond acceptors (Lipinski definition) is 1. The summed E-state index contributed by atoms with van der Waals surface area (Å²) in [5.41, 5.74) is -0.311. The Labute approximate surface area is 94.3 Å². The molecule has 15 heavy (non-hydrogen) atoms. The molecule has 0 aliphatic heterocycles. The fourth-order valence-electron chi connectivity index (χ4n) is 3.72. The van der Waals surface area contributed by atoms with E-state index in [0.717, 1.165) is 37.5 Å². The van der Waals surface area contributed by atoms with Crippen molar-refractivity contribution in [1.82, 2.24) is 0 Å². The van der Waals surface area contributed by atoms with Crippen LogP contribution in [0.5, 0.6) is 0 Å². The highest BCUT2D eigenvalue weighted by Crippen LogP contribution is 2.49. The molecule has 0 aromatic heterocycles. The predicted molar refractivity (Wildman–Crippen MR) is 63.7 cm³/mol. The highest BCUT2D eigenvalue weighted by molar-refractivity contribution is 4.95. The molecule has 0 radical (unpaired) electrons. The molecule has 2 unspecified atom stereocenters. The van der Waals surface area contributed by atoms with Gasteiger partial charge in [0.2, 0.25) is 0 Å². The Hall–Kier alpha value is -0.0400. The minimum Gasteiger partial charge on any atom is -0.390 e. The van der Waals surface area contributed by atoms with E-state index in [1.54, 1.807) is 0 Å². The molecule has 2 fully saturated rings. The first-order valence-corrected chi connectivity index (χ1v) is 6.92. The Kier molecular flexibility index (Phi) is 3.39. The molecule has 0 aromatic rings. The summed E-state index contributed by atoms with van der Waals surface area (Å²) in [5, 5.41) is 10.8. The van der Waals surface area contributed by atoms with Crippen molar-refractivity contribution < 1.29 is 5.11 Å². The molecular weight excluding hydrogens is 184 g/mol. The smallest absolute Gasteiger partial charge is 0.0678 e. The first kappa shape index (κ1) is 11.4. The molecule has 1 heteroatoms. The van der Waals surface area contributed by atoms with E-state index < -0.39 is 0 Å². The van der Waals surface area contributed by atoms with E-state index in [9.17, 15) is 5.11 Å². The molecule has 0 amide bonds. The SMILES string of the molecule is CCC(CC)C1(O)CCCC(C2CC2)C1. The van der Waals surface area contributed by atoms with Crippen molar-refractivity contribution in [3.05, 3.63) is 0 Å². The Morgan fingerprint density at radius 2 is 1.80 bits per heavy atom. The normalized spacial score (nSPS) is 37.2. The lowest BCUT2D eigenvalue weighted by atomic mass is 9.68. The average molecular weight is 210 g/mol. The van der Waals surface area contributed by atoms with E-state index in [4.69, 9.17) is 0 Å². The Morgan fingerprint density at radius 1 is 1.13 bits per heavy atom. The van der Waals surface area contributed by atoms with Crippen molar-refractivity contribution in [2.24, 2.45) is 17.8 Å². The zero-order valence-electron chi connectivity index (χ0n) is 10.3. The minimum atomic E-state index is -0.311. The summed E-state index contributed by atoms with van der Waals surface area (Å²) < 4.78 is 0. The first-order chi connectivity index (χ1) is 7.19. The van der Waals surface area contributed by atoms with E-state index in [-0.39, 0.29) is 5.60 Å². The van der Waals surface area contributed by atoms with Gasteiger partial charge in [-0.2, -0.15) is 0 Å². The molecule has 0 heterocycles. The van der Waals surface area contributed by atoms with Crippen LogP contribution in [0.25, 0.3) is 0 Å². The van der Waals surface area contributed by atoms with Gasteiger partial charge in [0.05, 0.1) is 5.60 Å². The average Bonchev–Trinajstić information content (AvgIpc) is 3.02. The van der Waals surface area contributed by atoms with Gasteiger partial charge >= 0.3 is 0 Å². The quantitative estimate of drug-likeness (QED) is 0.749. The van der Waals surface area contributed by atoms with E-state index in [0.29, 0.717) is 5.92 Å². The van der Waals surface area contributed by atoms with Crippen LogP contribution >= 0.6 is 0 Å². The molecule has 0 aromatic carbocycles. The third kappa shape index (κ3) is 2.38. The Balaban J connectivity index is 1.99. The van der Waals surface area contributed by atoms with Crippen LogP contribution in [0.4, 0.5) is 0 Å². The maximum Gasteiger partial charge on any atom is 0.0678 e. The van der Waals surface area contributed by atoms with Crippen LogP contribution in [0.2, 0.25) is 0 Å². The van der Waals surface area contributed by atoms with Crippen molar-refractivity contribution in [3.8, 4) is 0 Å². The Bertz CT molecular complexity index is 205. The van der Waals surface area contributed by atoms with Gasteiger partial charge in [0.25, 0.3) is 0 Å². The van der Waals surface area contributed by atoms with Crippen molar-refractivity contribution in [2.45, 2.75) is 70.8 Å². The van der Waals surface area contributed by atoms with Gasteiger partial charge in [0.15, 0.2) is 0 Å². The fourth-order valence-corrected chi connectivity index (χ4v) is 3.72. The molecule has 1 nitrogen and oxygen atoms in total. The molecule has 2 atom stereocenters. The monoisotopic (exact) mass is 210 g/mol. The zero-order valence-corrected chi connectivity index (χ0v) is 10.3. The molecule has 2 saturated carbocycles. The third-order valence-corrected chi connectivity index (χ3v) is 4.83. The van der Waals surface area contributed by atoms with Crippen LogP contribution in [-0.4, -0.2) is 10.7 Å². The van der Waals surface area contributed by atoms with E-state index in [1.165, 1.54) is 25.7 Å². The van der Waals surface area contributed by atoms with Gasteiger partial charge in [-0.05, 0) is 49.9 Å². The zero-order chi connectivity index (χ0) is 10.9. The summed E-state index contributed by atoms with van der Waals surface area (Å²) >= 11 is 0. The van der Waals surface area contributed by atoms with E-state index in [1.807, 2.05) is 0 Å². The summed E-state index contributed by atoms with van der Waals surface area (Å²) in [6.07, 6.45) is 9.95. The first-order valence-electron chi connectivity index (χ1n) is 6.92. The second kappa shape index (κ2) is 4.45. The number of aliphatic hydroxyl groups is 1. The van der Waals surface area contributed by atoms with Crippen LogP contribution in [0.1, 0.15) is 65.2 Å². The Morgan fingerprint density at radius 3 is 2.33 bits per heavy atom. The van der Waals surface area contributed by atoms with E-state index >= 15 is 0 Å². The van der Waals surface area contributed by atoms with Gasteiger partial charge in [-0.15, -0.1) is 0 Å². The molecule has 1 N–H and O–H groups in total. The van der Waals surface area contributed by atoms with Crippen molar-refractivity contribution in [2.75, 3.05) is 0 Å². The highest BCUT2D eigenvalue weighted by atomic mass is 16.3. The van der Waals surface area contributed by atoms with Crippen LogP contribution in [0.15, 0.2) is 0 Å². The predicted octanol–water partition coefficient (Wildman–Crippen LogP) is 3.75. The highest BCUT2D eigenvalue weighted by Gasteiger charge is 2.43. The van der Waals surface area contributed by atoms with Gasteiger partial charge in [0, 0.05) is 0 Å². The van der Waals surface area contributed by atoms with Gasteiger partial charge in [-0.25, -0.2) is 0 Å². The summed E-state index contributed by atoms with van der Waals surface area (Å²) in [5.74, 6) is 2.37. The van der Waals surface area contributed by atoms with Crippen molar-refractivity contribution >= 4 is 0 Å². The van der Waals surface area contributed by atoms with Gasteiger partial charge in [-0.3, -0.25) is 0 Å². The van der Waals surface area contributed by atoms with E-state index in [2.05, 4.69) is 13.8 Å². The number of rotatable bonds is 4. The summed E-state index contributed by atoms with van der Waals surface area (Å²) in [7, 11) is 0. The third-order valence-electron chi connectivity index (χ3n) is 4.83. The van der Waals surface area contributed by atoms with Gasteiger partial charge in [0.1, 0.15) is 0 Å². The van der Waals surface area contributed by atoms with Crippen molar-refractivity contribution in [3.63, 3.8) is 0 Å². The molecule has 88 valence electrons. The maximum absolute atomic E-state index is 10.8. The topological polar surface area (TPSA) is 20.2 Å². The van der Waals surface area contributed by atoms with Gasteiger partial charge < -0.3 is 5.11 Å². The van der Waals surface area contributed by atoms with Crippen LogP contribution < -0.4 is 0 Å². The minimum absolute atomic E-state index is 0.311.